The van der Waals surface area contributed by atoms with Crippen molar-refractivity contribution in [1.82, 2.24) is 0 Å². The van der Waals surface area contributed by atoms with Crippen molar-refractivity contribution in [2.24, 2.45) is 11.8 Å². The molecule has 0 saturated heterocycles. The molecule has 0 bridgehead atoms. The number of rotatable bonds is 10. The Morgan fingerprint density at radius 2 is 1.91 bits per heavy atom. The Labute approximate surface area is 135 Å². The van der Waals surface area contributed by atoms with Crippen LogP contribution in [0, 0.1) is 23.7 Å². The highest BCUT2D eigenvalue weighted by Crippen LogP contribution is 2.38. The summed E-state index contributed by atoms with van der Waals surface area (Å²) < 4.78 is 0. The second-order valence-electron chi connectivity index (χ2n) is 6.18. The fraction of sp³-hybridized carbons (Fsp3) is 0.650. The van der Waals surface area contributed by atoms with Crippen molar-refractivity contribution in [2.45, 2.75) is 71.1 Å². The van der Waals surface area contributed by atoms with Crippen LogP contribution in [0.15, 0.2) is 24.3 Å². The van der Waals surface area contributed by atoms with Crippen LogP contribution in [0.1, 0.15) is 71.1 Å². The average Bonchev–Trinajstić information content (AvgIpc) is 2.93. The lowest BCUT2D eigenvalue weighted by Crippen LogP contribution is -2.07. The quantitative estimate of drug-likeness (QED) is 0.255. The van der Waals surface area contributed by atoms with Crippen LogP contribution in [0.3, 0.4) is 0 Å². The number of hydrogen-bond acceptors (Lipinski definition) is 1. The van der Waals surface area contributed by atoms with E-state index in [0.717, 1.165) is 24.7 Å². The van der Waals surface area contributed by atoms with Crippen LogP contribution in [0.25, 0.3) is 0 Å². The molecule has 22 heavy (non-hydrogen) atoms. The molecule has 0 amide bonds. The van der Waals surface area contributed by atoms with Gasteiger partial charge in [-0.2, -0.15) is 0 Å². The minimum absolute atomic E-state index is 0.878. The summed E-state index contributed by atoms with van der Waals surface area (Å²) in [6, 6.07) is 0. The maximum atomic E-state index is 10.3. The second-order valence-corrected chi connectivity index (χ2v) is 6.18. The molecule has 0 spiro atoms. The van der Waals surface area contributed by atoms with E-state index in [1.807, 2.05) is 13.0 Å². The van der Waals surface area contributed by atoms with E-state index in [9.17, 15) is 4.79 Å². The van der Waals surface area contributed by atoms with E-state index >= 15 is 0 Å². The van der Waals surface area contributed by atoms with Gasteiger partial charge >= 0.3 is 5.97 Å². The minimum atomic E-state index is -0.884. The highest BCUT2D eigenvalue weighted by Gasteiger charge is 2.25. The molecule has 0 aromatic carbocycles. The van der Waals surface area contributed by atoms with Crippen LogP contribution in [-0.2, 0) is 4.79 Å². The molecule has 122 valence electrons. The number of hydrogen-bond donors (Lipinski definition) is 1. The molecule has 0 aliphatic heterocycles. The van der Waals surface area contributed by atoms with Crippen molar-refractivity contribution in [3.05, 3.63) is 24.3 Å². The molecule has 2 atom stereocenters. The first-order valence-corrected chi connectivity index (χ1v) is 8.69. The third-order valence-corrected chi connectivity index (χ3v) is 4.56. The van der Waals surface area contributed by atoms with E-state index in [0.29, 0.717) is 0 Å². The Bertz CT molecular complexity index is 423. The fourth-order valence-corrected chi connectivity index (χ4v) is 3.42. The fourth-order valence-electron chi connectivity index (χ4n) is 3.42. The molecule has 1 rings (SSSR count). The maximum Gasteiger partial charge on any atom is 0.328 e. The van der Waals surface area contributed by atoms with E-state index in [1.54, 1.807) is 6.08 Å². The lowest BCUT2D eigenvalue weighted by molar-refractivity contribution is -0.131. The zero-order chi connectivity index (χ0) is 16.0. The Kier molecular flexibility index (Phi) is 10.2. The van der Waals surface area contributed by atoms with Gasteiger partial charge in [-0.25, -0.2) is 4.79 Å². The van der Waals surface area contributed by atoms with Crippen LogP contribution >= 0.6 is 0 Å². The number of carboxylic acids is 1. The number of allylic oxidation sites excluding steroid dienone is 3. The molecular formula is C20H30O2. The van der Waals surface area contributed by atoms with Crippen molar-refractivity contribution >= 4 is 5.97 Å². The molecular weight excluding hydrogens is 272 g/mol. The van der Waals surface area contributed by atoms with Gasteiger partial charge in [-0.15, -0.1) is 11.8 Å². The number of unbranched alkanes of at least 4 members (excludes halogenated alkanes) is 3. The predicted octanol–water partition coefficient (Wildman–Crippen LogP) is 5.35. The molecule has 1 aliphatic rings. The lowest BCUT2D eigenvalue weighted by atomic mass is 9.87. The van der Waals surface area contributed by atoms with E-state index in [-0.39, 0.29) is 0 Å². The van der Waals surface area contributed by atoms with Crippen molar-refractivity contribution in [3.8, 4) is 11.8 Å². The third kappa shape index (κ3) is 8.72. The minimum Gasteiger partial charge on any atom is -0.478 e. The van der Waals surface area contributed by atoms with E-state index in [2.05, 4.69) is 17.9 Å². The Morgan fingerprint density at radius 3 is 2.64 bits per heavy atom. The molecule has 2 nitrogen and oxygen atoms in total. The van der Waals surface area contributed by atoms with Crippen molar-refractivity contribution in [1.29, 1.82) is 0 Å². The molecule has 1 saturated carbocycles. The summed E-state index contributed by atoms with van der Waals surface area (Å²) in [6.07, 6.45) is 19.6. The van der Waals surface area contributed by atoms with Gasteiger partial charge in [0.25, 0.3) is 0 Å². The first kappa shape index (κ1) is 18.6. The first-order valence-electron chi connectivity index (χ1n) is 8.69. The first-order chi connectivity index (χ1) is 10.7. The van der Waals surface area contributed by atoms with Gasteiger partial charge in [0, 0.05) is 12.5 Å². The highest BCUT2D eigenvalue weighted by molar-refractivity contribution is 5.80. The summed E-state index contributed by atoms with van der Waals surface area (Å²) in [4.78, 5) is 10.3. The van der Waals surface area contributed by atoms with Crippen LogP contribution in [0.5, 0.6) is 0 Å². The van der Waals surface area contributed by atoms with E-state index < -0.39 is 5.97 Å². The van der Waals surface area contributed by atoms with Gasteiger partial charge in [-0.05, 0) is 38.0 Å². The van der Waals surface area contributed by atoms with Gasteiger partial charge in [0.15, 0.2) is 0 Å². The van der Waals surface area contributed by atoms with Gasteiger partial charge in [0.2, 0.25) is 0 Å². The van der Waals surface area contributed by atoms with Gasteiger partial charge in [0.05, 0.1) is 0 Å². The van der Waals surface area contributed by atoms with Crippen LogP contribution in [0.2, 0.25) is 0 Å². The number of carboxylic acid groups (broad SMARTS) is 1. The SMILES string of the molecule is CC#CCCCCC[C@H]1CCC[C@@H]1CCC=CC=CC(=O)O. The van der Waals surface area contributed by atoms with Crippen LogP contribution in [0.4, 0.5) is 0 Å². The predicted molar refractivity (Wildman–Crippen MR) is 92.5 cm³/mol. The average molecular weight is 302 g/mol. The normalized spacial score (nSPS) is 21.3. The van der Waals surface area contributed by atoms with Gasteiger partial charge in [0.1, 0.15) is 0 Å². The maximum absolute atomic E-state index is 10.3. The number of carbonyl (C=O) groups is 1. The second kappa shape index (κ2) is 12.1. The Hall–Kier alpha value is -1.49. The molecule has 2 heteroatoms. The largest absolute Gasteiger partial charge is 0.478 e. The zero-order valence-electron chi connectivity index (χ0n) is 13.9. The van der Waals surface area contributed by atoms with Gasteiger partial charge in [-0.1, -0.05) is 56.8 Å². The molecule has 0 aromatic rings. The van der Waals surface area contributed by atoms with Crippen molar-refractivity contribution in [3.63, 3.8) is 0 Å². The topological polar surface area (TPSA) is 37.3 Å². The highest BCUT2D eigenvalue weighted by atomic mass is 16.4. The van der Waals surface area contributed by atoms with Crippen LogP contribution in [-0.4, -0.2) is 11.1 Å². The zero-order valence-corrected chi connectivity index (χ0v) is 13.9. The smallest absolute Gasteiger partial charge is 0.328 e. The molecule has 0 heterocycles. The lowest BCUT2D eigenvalue weighted by Gasteiger charge is -2.18. The molecule has 1 fully saturated rings. The number of aliphatic carboxylic acids is 1. The third-order valence-electron chi connectivity index (χ3n) is 4.56. The van der Waals surface area contributed by atoms with E-state index in [1.165, 1.54) is 57.4 Å². The molecule has 0 aromatic heterocycles. The van der Waals surface area contributed by atoms with Crippen molar-refractivity contribution in [2.75, 3.05) is 0 Å². The van der Waals surface area contributed by atoms with Gasteiger partial charge < -0.3 is 5.11 Å². The summed E-state index contributed by atoms with van der Waals surface area (Å²) in [7, 11) is 0. The van der Waals surface area contributed by atoms with Crippen LogP contribution < -0.4 is 0 Å². The summed E-state index contributed by atoms with van der Waals surface area (Å²) in [5.74, 6) is 7.01. The van der Waals surface area contributed by atoms with Gasteiger partial charge in [-0.3, -0.25) is 0 Å². The Balaban J connectivity index is 2.14. The van der Waals surface area contributed by atoms with E-state index in [4.69, 9.17) is 5.11 Å². The molecule has 1 aliphatic carbocycles. The molecule has 1 N–H and O–H groups in total. The monoisotopic (exact) mass is 302 g/mol. The summed E-state index contributed by atoms with van der Waals surface area (Å²) in [5, 5.41) is 8.50. The van der Waals surface area contributed by atoms with Crippen molar-refractivity contribution < 1.29 is 9.90 Å². The molecule has 0 unspecified atom stereocenters. The Morgan fingerprint density at radius 1 is 1.14 bits per heavy atom. The summed E-state index contributed by atoms with van der Waals surface area (Å²) in [6.45, 7) is 1.91. The summed E-state index contributed by atoms with van der Waals surface area (Å²) >= 11 is 0. The summed E-state index contributed by atoms with van der Waals surface area (Å²) in [5.41, 5.74) is 0. The standard InChI is InChI=1S/C20H30O2/c1-2-3-4-5-6-9-13-18-15-12-16-19(18)14-10-7-8-11-17-20(21)22/h7-8,11,17-19H,4-6,9-10,12-16H2,1H3,(H,21,22)/t18-,19-/m0/s1. The molecule has 0 radical (unpaired) electrons.